The van der Waals surface area contributed by atoms with Crippen LogP contribution in [-0.4, -0.2) is 61.7 Å². The molecule has 0 amide bonds. The minimum Gasteiger partial charge on any atom is -0.388 e. The van der Waals surface area contributed by atoms with Gasteiger partial charge in [0.25, 0.3) is 0 Å². The molecule has 1 aliphatic heterocycles. The lowest BCUT2D eigenvalue weighted by atomic mass is 10.0. The van der Waals surface area contributed by atoms with Crippen LogP contribution in [-0.2, 0) is 10.0 Å². The van der Waals surface area contributed by atoms with Crippen LogP contribution in [0.15, 0.2) is 24.3 Å². The molecular formula is C15H24N2O3S. The third-order valence-corrected chi connectivity index (χ3v) is 5.37. The maximum absolute atomic E-state index is 11.4. The summed E-state index contributed by atoms with van der Waals surface area (Å²) in [5, 5.41) is 10.3. The van der Waals surface area contributed by atoms with Crippen molar-refractivity contribution in [1.29, 1.82) is 0 Å². The predicted molar refractivity (Wildman–Crippen MR) is 83.6 cm³/mol. The minimum absolute atomic E-state index is 0.459. The SMILES string of the molecule is Cc1ccccc1C(O)CCN1CCN(S(C)(=O)=O)CC1. The van der Waals surface area contributed by atoms with Crippen LogP contribution < -0.4 is 0 Å². The molecule has 118 valence electrons. The molecule has 1 aromatic carbocycles. The maximum Gasteiger partial charge on any atom is 0.211 e. The Morgan fingerprint density at radius 2 is 1.81 bits per heavy atom. The Balaban J connectivity index is 1.81. The third kappa shape index (κ3) is 4.51. The van der Waals surface area contributed by atoms with E-state index in [1.54, 1.807) is 0 Å². The Labute approximate surface area is 127 Å². The molecule has 0 aliphatic carbocycles. The van der Waals surface area contributed by atoms with Crippen molar-refractivity contribution < 1.29 is 13.5 Å². The maximum atomic E-state index is 11.4. The van der Waals surface area contributed by atoms with Gasteiger partial charge in [0, 0.05) is 32.7 Å². The van der Waals surface area contributed by atoms with E-state index < -0.39 is 16.1 Å². The molecule has 5 nitrogen and oxygen atoms in total. The number of benzene rings is 1. The molecule has 1 atom stereocenters. The average Bonchev–Trinajstić information content (AvgIpc) is 2.45. The first-order valence-electron chi connectivity index (χ1n) is 7.29. The first-order valence-corrected chi connectivity index (χ1v) is 9.14. The summed E-state index contributed by atoms with van der Waals surface area (Å²) in [5.41, 5.74) is 2.08. The van der Waals surface area contributed by atoms with Crippen molar-refractivity contribution in [1.82, 2.24) is 9.21 Å². The second kappa shape index (κ2) is 6.87. The van der Waals surface area contributed by atoms with Gasteiger partial charge in [-0.2, -0.15) is 4.31 Å². The molecule has 1 fully saturated rings. The van der Waals surface area contributed by atoms with Gasteiger partial charge in [0.05, 0.1) is 12.4 Å². The molecule has 1 N–H and O–H groups in total. The van der Waals surface area contributed by atoms with Crippen LogP contribution in [0.2, 0.25) is 0 Å². The Kier molecular flexibility index (Phi) is 5.37. The van der Waals surface area contributed by atoms with Gasteiger partial charge in [-0.05, 0) is 24.5 Å². The highest BCUT2D eigenvalue weighted by Gasteiger charge is 2.23. The molecule has 6 heteroatoms. The third-order valence-electron chi connectivity index (χ3n) is 4.07. The van der Waals surface area contributed by atoms with Crippen molar-refractivity contribution in [3.05, 3.63) is 35.4 Å². The molecule has 1 unspecified atom stereocenters. The zero-order valence-electron chi connectivity index (χ0n) is 12.7. The fourth-order valence-corrected chi connectivity index (χ4v) is 3.53. The van der Waals surface area contributed by atoms with Gasteiger partial charge in [0.2, 0.25) is 10.0 Å². The molecule has 0 bridgehead atoms. The van der Waals surface area contributed by atoms with Crippen molar-refractivity contribution in [2.75, 3.05) is 39.0 Å². The Morgan fingerprint density at radius 1 is 1.19 bits per heavy atom. The quantitative estimate of drug-likeness (QED) is 0.881. The van der Waals surface area contributed by atoms with Crippen molar-refractivity contribution in [3.8, 4) is 0 Å². The van der Waals surface area contributed by atoms with Gasteiger partial charge >= 0.3 is 0 Å². The Morgan fingerprint density at radius 3 is 2.38 bits per heavy atom. The standard InChI is InChI=1S/C15H24N2O3S/c1-13-5-3-4-6-14(13)15(18)7-8-16-9-11-17(12-10-16)21(2,19)20/h3-6,15,18H,7-12H2,1-2H3. The molecule has 1 heterocycles. The summed E-state index contributed by atoms with van der Waals surface area (Å²) in [4.78, 5) is 2.21. The zero-order valence-corrected chi connectivity index (χ0v) is 13.5. The van der Waals surface area contributed by atoms with Gasteiger partial charge in [0.1, 0.15) is 0 Å². The molecule has 21 heavy (non-hydrogen) atoms. The molecule has 0 aromatic heterocycles. The summed E-state index contributed by atoms with van der Waals surface area (Å²) >= 11 is 0. The number of rotatable bonds is 5. The molecular weight excluding hydrogens is 288 g/mol. The van der Waals surface area contributed by atoms with Crippen molar-refractivity contribution in [2.45, 2.75) is 19.4 Å². The Hall–Kier alpha value is -0.950. The summed E-state index contributed by atoms with van der Waals surface area (Å²) in [6.07, 6.45) is 1.47. The van der Waals surface area contributed by atoms with E-state index in [1.165, 1.54) is 10.6 Å². The number of nitrogens with zero attached hydrogens (tertiary/aromatic N) is 2. The van der Waals surface area contributed by atoms with Crippen LogP contribution in [0.25, 0.3) is 0 Å². The van der Waals surface area contributed by atoms with E-state index in [1.807, 2.05) is 31.2 Å². The van der Waals surface area contributed by atoms with E-state index in [0.717, 1.165) is 30.8 Å². The van der Waals surface area contributed by atoms with Crippen molar-refractivity contribution in [3.63, 3.8) is 0 Å². The lowest BCUT2D eigenvalue weighted by Crippen LogP contribution is -2.48. The van der Waals surface area contributed by atoms with Gasteiger partial charge in [-0.15, -0.1) is 0 Å². The number of aliphatic hydroxyl groups is 1. The molecule has 0 radical (unpaired) electrons. The molecule has 1 aromatic rings. The number of piperazine rings is 1. The summed E-state index contributed by atoms with van der Waals surface area (Å²) < 4.78 is 24.4. The van der Waals surface area contributed by atoms with E-state index in [4.69, 9.17) is 0 Å². The fraction of sp³-hybridized carbons (Fsp3) is 0.600. The number of aliphatic hydroxyl groups excluding tert-OH is 1. The average molecular weight is 312 g/mol. The van der Waals surface area contributed by atoms with Gasteiger partial charge < -0.3 is 10.0 Å². The van der Waals surface area contributed by atoms with Crippen molar-refractivity contribution >= 4 is 10.0 Å². The number of hydrogen-bond acceptors (Lipinski definition) is 4. The predicted octanol–water partition coefficient (Wildman–Crippen LogP) is 0.996. The topological polar surface area (TPSA) is 60.9 Å². The largest absolute Gasteiger partial charge is 0.388 e. The second-order valence-corrected chi connectivity index (χ2v) is 7.65. The lowest BCUT2D eigenvalue weighted by Gasteiger charge is -2.33. The van der Waals surface area contributed by atoms with Crippen molar-refractivity contribution in [2.24, 2.45) is 0 Å². The number of aryl methyl sites for hydroxylation is 1. The summed E-state index contributed by atoms with van der Waals surface area (Å²) in [6, 6.07) is 7.87. The minimum atomic E-state index is -3.07. The van der Waals surface area contributed by atoms with E-state index in [9.17, 15) is 13.5 Å². The van der Waals surface area contributed by atoms with E-state index in [2.05, 4.69) is 4.90 Å². The van der Waals surface area contributed by atoms with Crippen LogP contribution in [0.1, 0.15) is 23.7 Å². The van der Waals surface area contributed by atoms with Gasteiger partial charge in [-0.25, -0.2) is 8.42 Å². The fourth-order valence-electron chi connectivity index (χ4n) is 2.71. The van der Waals surface area contributed by atoms with Crippen LogP contribution in [0.4, 0.5) is 0 Å². The van der Waals surface area contributed by atoms with Crippen LogP contribution in [0, 0.1) is 6.92 Å². The summed E-state index contributed by atoms with van der Waals surface area (Å²) in [7, 11) is -3.07. The zero-order chi connectivity index (χ0) is 15.5. The molecule has 1 saturated heterocycles. The van der Waals surface area contributed by atoms with E-state index >= 15 is 0 Å². The molecule has 0 saturated carbocycles. The van der Waals surface area contributed by atoms with E-state index in [0.29, 0.717) is 19.5 Å². The molecule has 0 spiro atoms. The lowest BCUT2D eigenvalue weighted by molar-refractivity contribution is 0.125. The summed E-state index contributed by atoms with van der Waals surface area (Å²) in [6.45, 7) is 5.33. The monoisotopic (exact) mass is 312 g/mol. The Bertz CT molecular complexity index is 566. The highest BCUT2D eigenvalue weighted by Crippen LogP contribution is 2.20. The smallest absolute Gasteiger partial charge is 0.211 e. The highest BCUT2D eigenvalue weighted by molar-refractivity contribution is 7.88. The number of hydrogen-bond donors (Lipinski definition) is 1. The van der Waals surface area contributed by atoms with Crippen LogP contribution in [0.5, 0.6) is 0 Å². The van der Waals surface area contributed by atoms with Gasteiger partial charge in [-0.1, -0.05) is 24.3 Å². The first kappa shape index (κ1) is 16.4. The van der Waals surface area contributed by atoms with Gasteiger partial charge in [0.15, 0.2) is 0 Å². The van der Waals surface area contributed by atoms with E-state index in [-0.39, 0.29) is 0 Å². The summed E-state index contributed by atoms with van der Waals surface area (Å²) in [5.74, 6) is 0. The highest BCUT2D eigenvalue weighted by atomic mass is 32.2. The van der Waals surface area contributed by atoms with Crippen LogP contribution in [0.3, 0.4) is 0 Å². The number of sulfonamides is 1. The normalized spacial score (nSPS) is 19.6. The van der Waals surface area contributed by atoms with Gasteiger partial charge in [-0.3, -0.25) is 0 Å². The second-order valence-electron chi connectivity index (χ2n) is 5.66. The first-order chi connectivity index (χ1) is 9.88. The molecule has 2 rings (SSSR count). The molecule has 1 aliphatic rings. The van der Waals surface area contributed by atoms with Crippen LogP contribution >= 0.6 is 0 Å².